The quantitative estimate of drug-likeness (QED) is 0.459. The summed E-state index contributed by atoms with van der Waals surface area (Å²) in [5.74, 6) is -2.94. The second-order valence-corrected chi connectivity index (χ2v) is 10.7. The molecule has 10 heteroatoms. The summed E-state index contributed by atoms with van der Waals surface area (Å²) in [6.45, 7) is 0.338. The van der Waals surface area contributed by atoms with Gasteiger partial charge in [-0.05, 0) is 35.7 Å². The van der Waals surface area contributed by atoms with E-state index in [1.165, 1.54) is 23.1 Å². The van der Waals surface area contributed by atoms with Gasteiger partial charge in [-0.15, -0.1) is 0 Å². The smallest absolute Gasteiger partial charge is 0.262 e. The Morgan fingerprint density at radius 3 is 2.12 bits per heavy atom. The van der Waals surface area contributed by atoms with Crippen LogP contribution in [0.2, 0.25) is 0 Å². The summed E-state index contributed by atoms with van der Waals surface area (Å²) < 4.78 is 14.5. The lowest BCUT2D eigenvalue weighted by molar-refractivity contribution is -0.136. The number of hydrogen-bond donors (Lipinski definition) is 1. The zero-order valence-electron chi connectivity index (χ0n) is 22.7. The van der Waals surface area contributed by atoms with Crippen molar-refractivity contribution in [3.63, 3.8) is 0 Å². The Balaban J connectivity index is 1.22. The largest absolute Gasteiger partial charge is 0.330 e. The number of carbonyl (C=O) groups is 5. The van der Waals surface area contributed by atoms with Gasteiger partial charge in [0.05, 0.1) is 23.2 Å². The Morgan fingerprint density at radius 2 is 1.50 bits per heavy atom. The lowest BCUT2D eigenvalue weighted by atomic mass is 9.95. The van der Waals surface area contributed by atoms with E-state index in [2.05, 4.69) is 10.2 Å². The molecule has 0 radical (unpaired) electrons. The lowest BCUT2D eigenvalue weighted by Crippen LogP contribution is -2.56. The van der Waals surface area contributed by atoms with E-state index < -0.39 is 48.3 Å². The number of piperidine rings is 1. The lowest BCUT2D eigenvalue weighted by Gasteiger charge is -2.44. The molecule has 0 saturated carbocycles. The topological polar surface area (TPSA) is 107 Å². The fourth-order valence-corrected chi connectivity index (χ4v) is 6.17. The Hall–Kier alpha value is -4.70. The average Bonchev–Trinajstić information content (AvgIpc) is 3.26. The highest BCUT2D eigenvalue weighted by Crippen LogP contribution is 2.32. The molecule has 6 rings (SSSR count). The molecule has 3 aromatic carbocycles. The predicted octanol–water partition coefficient (Wildman–Crippen LogP) is 2.97. The molecule has 3 aliphatic rings. The van der Waals surface area contributed by atoms with Crippen LogP contribution in [-0.2, 0) is 9.59 Å². The van der Waals surface area contributed by atoms with Gasteiger partial charge in [-0.25, -0.2) is 4.39 Å². The maximum Gasteiger partial charge on any atom is 0.262 e. The summed E-state index contributed by atoms with van der Waals surface area (Å²) in [6.07, 6.45) is 0.0525. The van der Waals surface area contributed by atoms with Crippen molar-refractivity contribution >= 4 is 29.5 Å². The third kappa shape index (κ3) is 4.87. The molecule has 3 heterocycles. The van der Waals surface area contributed by atoms with E-state index in [-0.39, 0.29) is 42.1 Å². The van der Waals surface area contributed by atoms with E-state index >= 15 is 0 Å². The average molecular weight is 569 g/mol. The SMILES string of the molecule is O=C1CCC(N2C(=O)c3ccc(C(=O)N4CCN(C(c5ccccc5)c5ccccc5)CC4CF)cc3C2=O)C(=O)N1. The van der Waals surface area contributed by atoms with E-state index in [0.29, 0.717) is 13.1 Å². The van der Waals surface area contributed by atoms with Crippen molar-refractivity contribution in [3.05, 3.63) is 107 Å². The Labute approximate surface area is 241 Å². The molecule has 3 aromatic rings. The minimum atomic E-state index is -1.10. The first kappa shape index (κ1) is 27.5. The predicted molar refractivity (Wildman–Crippen MR) is 150 cm³/mol. The van der Waals surface area contributed by atoms with Crippen LogP contribution in [0.3, 0.4) is 0 Å². The highest BCUT2D eigenvalue weighted by atomic mass is 19.1. The normalized spacial score (nSPS) is 21.1. The monoisotopic (exact) mass is 568 g/mol. The number of carbonyl (C=O) groups excluding carboxylic acids is 5. The van der Waals surface area contributed by atoms with Crippen LogP contribution < -0.4 is 5.32 Å². The molecule has 0 bridgehead atoms. The summed E-state index contributed by atoms with van der Waals surface area (Å²) >= 11 is 0. The number of alkyl halides is 1. The number of halogens is 1. The van der Waals surface area contributed by atoms with Crippen LogP contribution in [0, 0.1) is 0 Å². The molecule has 2 atom stereocenters. The summed E-state index contributed by atoms with van der Waals surface area (Å²) in [5, 5.41) is 2.17. The Kier molecular flexibility index (Phi) is 7.38. The molecule has 1 N–H and O–H groups in total. The van der Waals surface area contributed by atoms with Crippen molar-refractivity contribution in [2.75, 3.05) is 26.3 Å². The number of nitrogens with one attached hydrogen (secondary N) is 1. The highest BCUT2D eigenvalue weighted by molar-refractivity contribution is 6.24. The van der Waals surface area contributed by atoms with Crippen LogP contribution in [-0.4, -0.2) is 82.6 Å². The maximum atomic E-state index is 14.5. The first-order valence-corrected chi connectivity index (χ1v) is 13.9. The fraction of sp³-hybridized carbons (Fsp3) is 0.281. The van der Waals surface area contributed by atoms with Gasteiger partial charge in [0, 0.05) is 31.6 Å². The van der Waals surface area contributed by atoms with Gasteiger partial charge in [-0.1, -0.05) is 60.7 Å². The fourth-order valence-electron chi connectivity index (χ4n) is 6.17. The summed E-state index contributed by atoms with van der Waals surface area (Å²) in [4.78, 5) is 68.4. The van der Waals surface area contributed by atoms with E-state index in [4.69, 9.17) is 0 Å². The molecule has 2 saturated heterocycles. The minimum absolute atomic E-state index is 0.0132. The van der Waals surface area contributed by atoms with Crippen molar-refractivity contribution in [2.45, 2.75) is 31.0 Å². The van der Waals surface area contributed by atoms with Crippen LogP contribution in [0.5, 0.6) is 0 Å². The van der Waals surface area contributed by atoms with Gasteiger partial charge in [0.15, 0.2) is 0 Å². The summed E-state index contributed by atoms with van der Waals surface area (Å²) in [6, 6.07) is 22.2. The number of rotatable bonds is 6. The molecule has 0 aromatic heterocycles. The summed E-state index contributed by atoms with van der Waals surface area (Å²) in [5.41, 5.74) is 2.40. The number of imide groups is 2. The number of nitrogens with zero attached hydrogens (tertiary/aromatic N) is 3. The van der Waals surface area contributed by atoms with Crippen molar-refractivity contribution in [1.29, 1.82) is 0 Å². The molecule has 42 heavy (non-hydrogen) atoms. The zero-order valence-corrected chi connectivity index (χ0v) is 22.7. The van der Waals surface area contributed by atoms with Crippen LogP contribution in [0.25, 0.3) is 0 Å². The molecule has 2 fully saturated rings. The summed E-state index contributed by atoms with van der Waals surface area (Å²) in [7, 11) is 0. The molecule has 2 unspecified atom stereocenters. The van der Waals surface area contributed by atoms with Gasteiger partial charge in [-0.3, -0.25) is 39.1 Å². The van der Waals surface area contributed by atoms with Crippen LogP contribution >= 0.6 is 0 Å². The number of piperazine rings is 1. The van der Waals surface area contributed by atoms with Gasteiger partial charge in [-0.2, -0.15) is 0 Å². The number of hydrogen-bond acceptors (Lipinski definition) is 6. The van der Waals surface area contributed by atoms with Crippen molar-refractivity contribution in [2.24, 2.45) is 0 Å². The van der Waals surface area contributed by atoms with Gasteiger partial charge < -0.3 is 4.90 Å². The minimum Gasteiger partial charge on any atom is -0.330 e. The number of amides is 5. The molecule has 0 aliphatic carbocycles. The van der Waals surface area contributed by atoms with Crippen LogP contribution in [0.15, 0.2) is 78.9 Å². The van der Waals surface area contributed by atoms with E-state index in [1.807, 2.05) is 60.7 Å². The van der Waals surface area contributed by atoms with Crippen molar-refractivity contribution in [3.8, 4) is 0 Å². The third-order valence-corrected chi connectivity index (χ3v) is 8.24. The van der Waals surface area contributed by atoms with Gasteiger partial charge >= 0.3 is 0 Å². The van der Waals surface area contributed by atoms with Gasteiger partial charge in [0.2, 0.25) is 11.8 Å². The number of fused-ring (bicyclic) bond motifs is 1. The van der Waals surface area contributed by atoms with Crippen LogP contribution in [0.4, 0.5) is 4.39 Å². The zero-order chi connectivity index (χ0) is 29.4. The van der Waals surface area contributed by atoms with Crippen LogP contribution in [0.1, 0.15) is 61.1 Å². The molecular weight excluding hydrogens is 539 g/mol. The first-order chi connectivity index (χ1) is 20.4. The first-order valence-electron chi connectivity index (χ1n) is 13.9. The van der Waals surface area contributed by atoms with E-state index in [9.17, 15) is 28.4 Å². The molecule has 9 nitrogen and oxygen atoms in total. The molecule has 0 spiro atoms. The third-order valence-electron chi connectivity index (χ3n) is 8.24. The van der Waals surface area contributed by atoms with Crippen molar-refractivity contribution < 1.29 is 28.4 Å². The molecule has 3 aliphatic heterocycles. The van der Waals surface area contributed by atoms with E-state index in [0.717, 1.165) is 16.0 Å². The van der Waals surface area contributed by atoms with Gasteiger partial charge in [0.1, 0.15) is 12.7 Å². The number of benzene rings is 3. The highest BCUT2D eigenvalue weighted by Gasteiger charge is 2.45. The second-order valence-electron chi connectivity index (χ2n) is 10.7. The second kappa shape index (κ2) is 11.3. The molecule has 214 valence electrons. The standard InChI is InChI=1S/C32H29FN4O5/c33-18-23-19-35(28(20-7-3-1-4-8-20)21-9-5-2-6-10-21)15-16-36(23)30(40)22-11-12-24-25(17-22)32(42)37(31(24)41)26-13-14-27(38)34-29(26)39/h1-12,17,23,26,28H,13-16,18-19H2,(H,34,38,39). The molecule has 5 amide bonds. The maximum absolute atomic E-state index is 14.5. The van der Waals surface area contributed by atoms with Crippen molar-refractivity contribution in [1.82, 2.24) is 20.0 Å². The van der Waals surface area contributed by atoms with Gasteiger partial charge in [0.25, 0.3) is 17.7 Å². The molecular formula is C32H29FN4O5. The Bertz CT molecular complexity index is 1520. The Morgan fingerprint density at radius 1 is 0.857 bits per heavy atom. The van der Waals surface area contributed by atoms with E-state index in [1.54, 1.807) is 0 Å².